The molecule has 0 spiro atoms. The highest BCUT2D eigenvalue weighted by atomic mass is 15.2. The quantitative estimate of drug-likeness (QED) is 0.723. The first-order valence-electron chi connectivity index (χ1n) is 4.45. The van der Waals surface area contributed by atoms with E-state index in [-0.39, 0.29) is 6.04 Å². The Balaban J connectivity index is 2.41. The van der Waals surface area contributed by atoms with Crippen LogP contribution in [0.3, 0.4) is 0 Å². The Kier molecular flexibility index (Phi) is 3.83. The van der Waals surface area contributed by atoms with E-state index in [1.807, 2.05) is 13.0 Å². The van der Waals surface area contributed by atoms with E-state index in [1.165, 1.54) is 0 Å². The zero-order chi connectivity index (χ0) is 10.4. The standard InChI is InChI=1S/C9H13N5/c1-7(11)4-5-12-9-3-2-8(6-10)13-14-9/h2-3,7H,4-5,11H2,1H3,(H,12,14). The highest BCUT2D eigenvalue weighted by molar-refractivity contribution is 5.34. The monoisotopic (exact) mass is 191 g/mol. The molecule has 0 radical (unpaired) electrons. The Hall–Kier alpha value is -1.67. The molecule has 1 rings (SSSR count). The average molecular weight is 191 g/mol. The molecule has 1 atom stereocenters. The fourth-order valence-electron chi connectivity index (χ4n) is 0.914. The lowest BCUT2D eigenvalue weighted by Gasteiger charge is -2.06. The van der Waals surface area contributed by atoms with E-state index in [4.69, 9.17) is 11.0 Å². The molecule has 0 fully saturated rings. The van der Waals surface area contributed by atoms with Crippen LogP contribution < -0.4 is 11.1 Å². The highest BCUT2D eigenvalue weighted by Gasteiger charge is 1.97. The molecule has 0 aliphatic heterocycles. The largest absolute Gasteiger partial charge is 0.369 e. The van der Waals surface area contributed by atoms with Gasteiger partial charge in [-0.05, 0) is 25.5 Å². The van der Waals surface area contributed by atoms with E-state index in [9.17, 15) is 0 Å². The highest BCUT2D eigenvalue weighted by Crippen LogP contribution is 2.01. The smallest absolute Gasteiger partial charge is 0.163 e. The zero-order valence-corrected chi connectivity index (χ0v) is 8.07. The van der Waals surface area contributed by atoms with Crippen LogP contribution >= 0.6 is 0 Å². The number of anilines is 1. The van der Waals surface area contributed by atoms with Crippen molar-refractivity contribution in [3.63, 3.8) is 0 Å². The molecule has 14 heavy (non-hydrogen) atoms. The summed E-state index contributed by atoms with van der Waals surface area (Å²) in [6.45, 7) is 2.71. The van der Waals surface area contributed by atoms with Gasteiger partial charge in [-0.3, -0.25) is 0 Å². The SMILES string of the molecule is CC(N)CCNc1ccc(C#N)nn1. The summed E-state index contributed by atoms with van der Waals surface area (Å²) < 4.78 is 0. The molecule has 0 saturated heterocycles. The summed E-state index contributed by atoms with van der Waals surface area (Å²) in [5.41, 5.74) is 5.91. The Labute approximate surface area is 82.9 Å². The van der Waals surface area contributed by atoms with Crippen LogP contribution in [0.2, 0.25) is 0 Å². The average Bonchev–Trinajstić information content (AvgIpc) is 2.18. The molecule has 0 saturated carbocycles. The third kappa shape index (κ3) is 3.37. The van der Waals surface area contributed by atoms with Crippen LogP contribution in [0, 0.1) is 11.3 Å². The number of nitrogens with two attached hydrogens (primary N) is 1. The molecule has 0 amide bonds. The fourth-order valence-corrected chi connectivity index (χ4v) is 0.914. The van der Waals surface area contributed by atoms with Crippen LogP contribution in [-0.2, 0) is 0 Å². The number of nitriles is 1. The molecule has 1 aromatic heterocycles. The third-order valence-corrected chi connectivity index (χ3v) is 1.68. The Bertz CT molecular complexity index is 311. The topological polar surface area (TPSA) is 87.6 Å². The van der Waals surface area contributed by atoms with Crippen molar-refractivity contribution in [2.75, 3.05) is 11.9 Å². The van der Waals surface area contributed by atoms with Crippen molar-refractivity contribution in [2.24, 2.45) is 5.73 Å². The summed E-state index contributed by atoms with van der Waals surface area (Å²) in [5, 5.41) is 19.1. The summed E-state index contributed by atoms with van der Waals surface area (Å²) >= 11 is 0. The molecular weight excluding hydrogens is 178 g/mol. The second-order valence-electron chi connectivity index (χ2n) is 3.11. The number of hydrogen-bond donors (Lipinski definition) is 2. The number of aromatic nitrogens is 2. The molecule has 1 aromatic rings. The van der Waals surface area contributed by atoms with Gasteiger partial charge in [0.05, 0.1) is 0 Å². The van der Waals surface area contributed by atoms with Crippen molar-refractivity contribution >= 4 is 5.82 Å². The molecule has 74 valence electrons. The molecule has 1 heterocycles. The molecule has 5 heteroatoms. The first kappa shape index (κ1) is 10.4. The predicted molar refractivity (Wildman–Crippen MR) is 53.5 cm³/mol. The summed E-state index contributed by atoms with van der Waals surface area (Å²) in [6, 6.07) is 5.44. The maximum Gasteiger partial charge on any atom is 0.163 e. The predicted octanol–water partition coefficient (Wildman–Crippen LogP) is 0.497. The van der Waals surface area contributed by atoms with Crippen molar-refractivity contribution in [1.29, 1.82) is 5.26 Å². The lowest BCUT2D eigenvalue weighted by atomic mass is 10.2. The Morgan fingerprint density at radius 2 is 2.36 bits per heavy atom. The molecule has 0 aromatic carbocycles. The summed E-state index contributed by atoms with van der Waals surface area (Å²) in [6.07, 6.45) is 0.877. The number of nitrogens with one attached hydrogen (secondary N) is 1. The molecule has 5 nitrogen and oxygen atoms in total. The van der Waals surface area contributed by atoms with Crippen LogP contribution in [0.15, 0.2) is 12.1 Å². The lowest BCUT2D eigenvalue weighted by Crippen LogP contribution is -2.19. The van der Waals surface area contributed by atoms with E-state index in [0.717, 1.165) is 13.0 Å². The zero-order valence-electron chi connectivity index (χ0n) is 8.07. The van der Waals surface area contributed by atoms with Crippen LogP contribution in [-0.4, -0.2) is 22.8 Å². The van der Waals surface area contributed by atoms with Crippen molar-refractivity contribution < 1.29 is 0 Å². The summed E-state index contributed by atoms with van der Waals surface area (Å²) in [5.74, 6) is 0.671. The fraction of sp³-hybridized carbons (Fsp3) is 0.444. The van der Waals surface area contributed by atoms with E-state index in [2.05, 4.69) is 15.5 Å². The minimum atomic E-state index is 0.175. The minimum absolute atomic E-state index is 0.175. The molecule has 3 N–H and O–H groups in total. The van der Waals surface area contributed by atoms with Gasteiger partial charge < -0.3 is 11.1 Å². The van der Waals surface area contributed by atoms with E-state index >= 15 is 0 Å². The normalized spacial score (nSPS) is 11.8. The second kappa shape index (κ2) is 5.14. The van der Waals surface area contributed by atoms with Gasteiger partial charge in [-0.15, -0.1) is 10.2 Å². The Morgan fingerprint density at radius 1 is 1.57 bits per heavy atom. The van der Waals surface area contributed by atoms with Gasteiger partial charge in [-0.25, -0.2) is 0 Å². The molecule has 0 aliphatic rings. The van der Waals surface area contributed by atoms with Gasteiger partial charge in [0, 0.05) is 12.6 Å². The van der Waals surface area contributed by atoms with E-state index in [1.54, 1.807) is 12.1 Å². The lowest BCUT2D eigenvalue weighted by molar-refractivity contribution is 0.688. The van der Waals surface area contributed by atoms with Gasteiger partial charge >= 0.3 is 0 Å². The molecule has 1 unspecified atom stereocenters. The van der Waals surface area contributed by atoms with Gasteiger partial charge in [-0.1, -0.05) is 0 Å². The summed E-state index contributed by atoms with van der Waals surface area (Å²) in [4.78, 5) is 0. The maximum absolute atomic E-state index is 8.49. The van der Waals surface area contributed by atoms with Crippen molar-refractivity contribution in [3.05, 3.63) is 17.8 Å². The van der Waals surface area contributed by atoms with Crippen LogP contribution in [0.5, 0.6) is 0 Å². The van der Waals surface area contributed by atoms with Gasteiger partial charge in [0.25, 0.3) is 0 Å². The van der Waals surface area contributed by atoms with Crippen LogP contribution in [0.25, 0.3) is 0 Å². The van der Waals surface area contributed by atoms with Crippen molar-refractivity contribution in [2.45, 2.75) is 19.4 Å². The molecule has 0 aliphatic carbocycles. The Morgan fingerprint density at radius 3 is 2.86 bits per heavy atom. The van der Waals surface area contributed by atoms with Gasteiger partial charge in [-0.2, -0.15) is 5.26 Å². The number of hydrogen-bond acceptors (Lipinski definition) is 5. The first-order chi connectivity index (χ1) is 6.72. The molecular formula is C9H13N5. The maximum atomic E-state index is 8.49. The number of rotatable bonds is 4. The van der Waals surface area contributed by atoms with Crippen LogP contribution in [0.4, 0.5) is 5.82 Å². The van der Waals surface area contributed by atoms with Gasteiger partial charge in [0.1, 0.15) is 11.9 Å². The van der Waals surface area contributed by atoms with E-state index in [0.29, 0.717) is 11.5 Å². The summed E-state index contributed by atoms with van der Waals surface area (Å²) in [7, 11) is 0. The van der Waals surface area contributed by atoms with Gasteiger partial charge in [0.2, 0.25) is 0 Å². The second-order valence-corrected chi connectivity index (χ2v) is 3.11. The van der Waals surface area contributed by atoms with Crippen molar-refractivity contribution in [3.8, 4) is 6.07 Å². The van der Waals surface area contributed by atoms with Crippen molar-refractivity contribution in [1.82, 2.24) is 10.2 Å². The third-order valence-electron chi connectivity index (χ3n) is 1.68. The molecule has 0 bridgehead atoms. The van der Waals surface area contributed by atoms with Gasteiger partial charge in [0.15, 0.2) is 5.69 Å². The minimum Gasteiger partial charge on any atom is -0.369 e. The number of nitrogens with zero attached hydrogens (tertiary/aromatic N) is 3. The first-order valence-corrected chi connectivity index (χ1v) is 4.45. The van der Waals surface area contributed by atoms with Crippen LogP contribution in [0.1, 0.15) is 19.0 Å². The van der Waals surface area contributed by atoms with E-state index < -0.39 is 0 Å².